The van der Waals surface area contributed by atoms with Crippen LogP contribution < -0.4 is 0 Å². The van der Waals surface area contributed by atoms with Gasteiger partial charge in [-0.1, -0.05) is 89.2 Å². The minimum absolute atomic E-state index is 0.0119. The molecule has 3 aliphatic rings. The van der Waals surface area contributed by atoms with Gasteiger partial charge in [0, 0.05) is 12.8 Å². The Balaban J connectivity index is 2.00. The van der Waals surface area contributed by atoms with Gasteiger partial charge in [-0.2, -0.15) is 0 Å². The Morgan fingerprint density at radius 2 is 1.24 bits per heavy atom. The highest BCUT2D eigenvalue weighted by Crippen LogP contribution is 2.51. The van der Waals surface area contributed by atoms with Crippen LogP contribution in [0.4, 0.5) is 0 Å². The molecule has 194 valence electrons. The lowest BCUT2D eigenvalue weighted by atomic mass is 9.84. The van der Waals surface area contributed by atoms with Crippen molar-refractivity contribution in [2.45, 2.75) is 147 Å². The van der Waals surface area contributed by atoms with Crippen molar-refractivity contribution in [3.8, 4) is 0 Å². The second-order valence-corrected chi connectivity index (χ2v) is 23.5. The molecule has 1 fully saturated rings. The molecule has 1 aliphatic carbocycles. The van der Waals surface area contributed by atoms with Gasteiger partial charge in [-0.25, -0.2) is 0 Å². The molecular weight excluding hydrogens is 456 g/mol. The van der Waals surface area contributed by atoms with E-state index in [-0.39, 0.29) is 24.1 Å². The average Bonchev–Trinajstić information content (AvgIpc) is 3.06. The van der Waals surface area contributed by atoms with Crippen LogP contribution in [-0.4, -0.2) is 40.7 Å². The summed E-state index contributed by atoms with van der Waals surface area (Å²) in [6.45, 7) is 27.6. The molecule has 0 aromatic carbocycles. The highest BCUT2D eigenvalue weighted by atomic mass is 28.4. The Morgan fingerprint density at radius 3 is 1.68 bits per heavy atom. The van der Waals surface area contributed by atoms with Crippen LogP contribution >= 0.6 is 0 Å². The Hall–Kier alpha value is -0.696. The van der Waals surface area contributed by atoms with Crippen LogP contribution in [-0.2, 0) is 18.4 Å². The maximum Gasteiger partial charge on any atom is 0.258 e. The van der Waals surface area contributed by atoms with Gasteiger partial charge in [0.2, 0.25) is 8.32 Å². The minimum Gasteiger partial charge on any atom is -0.545 e. The molecular formula is C28H50O4Si2. The van der Waals surface area contributed by atoms with Crippen LogP contribution in [0, 0.1) is 0 Å². The van der Waals surface area contributed by atoms with E-state index >= 15 is 0 Å². The molecule has 0 aromatic rings. The van der Waals surface area contributed by atoms with E-state index < -0.39 is 16.6 Å². The smallest absolute Gasteiger partial charge is 0.258 e. The lowest BCUT2D eigenvalue weighted by Gasteiger charge is -2.47. The molecule has 34 heavy (non-hydrogen) atoms. The van der Waals surface area contributed by atoms with E-state index in [1.807, 2.05) is 0 Å². The lowest BCUT2D eigenvalue weighted by molar-refractivity contribution is -0.120. The molecule has 0 aromatic heterocycles. The van der Waals surface area contributed by atoms with Crippen LogP contribution in [0.25, 0.3) is 0 Å². The molecule has 3 atom stereocenters. The number of fused-ring (bicyclic) bond motifs is 1. The topological polar surface area (TPSA) is 44.8 Å². The predicted molar refractivity (Wildman–Crippen MR) is 146 cm³/mol. The SMILES string of the molecule is CC(C)[Si](OC1=C2C(=O)CC(O[Si](C(C)C)(C(C)C)C(C)C)C3=CC(C1)OC32)(C(C)C)C(C)C. The van der Waals surface area contributed by atoms with E-state index in [9.17, 15) is 4.79 Å². The monoisotopic (exact) mass is 506 g/mol. The van der Waals surface area contributed by atoms with Gasteiger partial charge in [0.25, 0.3) is 8.32 Å². The van der Waals surface area contributed by atoms with E-state index in [1.54, 1.807) is 0 Å². The van der Waals surface area contributed by atoms with Gasteiger partial charge >= 0.3 is 0 Å². The standard InChI is InChI=1S/C28H50O4Si2/c1-16(2)33(17(3)4,18(5)6)31-25-15-24(29)27-26(14-22-13-23(25)28(27)30-22)32-34(19(7)8,20(9)10)21(11)12/h13,16-22,25,28H,14-15H2,1-12H3. The van der Waals surface area contributed by atoms with Crippen molar-refractivity contribution in [2.24, 2.45) is 0 Å². The van der Waals surface area contributed by atoms with Crippen LogP contribution in [0.15, 0.2) is 23.0 Å². The molecule has 2 bridgehead atoms. The third-order valence-electron chi connectivity index (χ3n) is 9.04. The van der Waals surface area contributed by atoms with Gasteiger partial charge < -0.3 is 13.6 Å². The predicted octanol–water partition coefficient (Wildman–Crippen LogP) is 8.06. The Morgan fingerprint density at radius 1 is 0.765 bits per heavy atom. The highest BCUT2D eigenvalue weighted by molar-refractivity contribution is 6.78. The third-order valence-corrected chi connectivity index (χ3v) is 21.2. The summed E-state index contributed by atoms with van der Waals surface area (Å²) >= 11 is 0. The fourth-order valence-electron chi connectivity index (χ4n) is 7.78. The molecule has 2 aliphatic heterocycles. The Bertz CT molecular complexity index is 794. The van der Waals surface area contributed by atoms with Crippen molar-refractivity contribution >= 4 is 22.4 Å². The van der Waals surface area contributed by atoms with Gasteiger partial charge in [0.1, 0.15) is 6.10 Å². The molecule has 0 saturated heterocycles. The largest absolute Gasteiger partial charge is 0.545 e. The van der Waals surface area contributed by atoms with E-state index in [2.05, 4.69) is 89.2 Å². The molecule has 6 heteroatoms. The first kappa shape index (κ1) is 27.9. The maximum absolute atomic E-state index is 13.7. The number of carbonyl (C=O) groups is 1. The van der Waals surface area contributed by atoms with Gasteiger partial charge in [0.05, 0.1) is 23.5 Å². The molecule has 3 rings (SSSR count). The van der Waals surface area contributed by atoms with Gasteiger partial charge in [-0.3, -0.25) is 4.79 Å². The van der Waals surface area contributed by atoms with Crippen LogP contribution in [0.3, 0.4) is 0 Å². The second kappa shape index (κ2) is 9.99. The first-order chi connectivity index (χ1) is 15.7. The number of hydrogen-bond acceptors (Lipinski definition) is 4. The number of Topliss-reactive ketones (excluding diaryl/α,β-unsaturated/α-hetero) is 1. The van der Waals surface area contributed by atoms with Crippen molar-refractivity contribution in [3.63, 3.8) is 0 Å². The normalized spacial score (nSPS) is 25.6. The van der Waals surface area contributed by atoms with Crippen molar-refractivity contribution < 1.29 is 18.4 Å². The summed E-state index contributed by atoms with van der Waals surface area (Å²) in [6.07, 6.45) is 2.91. The second-order valence-electron chi connectivity index (χ2n) is 12.7. The maximum atomic E-state index is 13.7. The van der Waals surface area contributed by atoms with Crippen LogP contribution in [0.1, 0.15) is 95.9 Å². The summed E-state index contributed by atoms with van der Waals surface area (Å²) in [7, 11) is -4.26. The zero-order valence-electron chi connectivity index (χ0n) is 23.8. The van der Waals surface area contributed by atoms with E-state index in [0.29, 0.717) is 46.1 Å². The summed E-state index contributed by atoms with van der Waals surface area (Å²) in [5, 5.41) is 0. The first-order valence-corrected chi connectivity index (χ1v) is 18.0. The number of ether oxygens (including phenoxy) is 1. The summed E-state index contributed by atoms with van der Waals surface area (Å²) in [6, 6.07) is 0. The molecule has 0 amide bonds. The molecule has 0 N–H and O–H groups in total. The number of carbonyl (C=O) groups excluding carboxylic acids is 1. The molecule has 4 nitrogen and oxygen atoms in total. The quantitative estimate of drug-likeness (QED) is 0.222. The minimum atomic E-state index is -2.15. The van der Waals surface area contributed by atoms with Crippen molar-refractivity contribution in [2.75, 3.05) is 0 Å². The summed E-state index contributed by atoms with van der Waals surface area (Å²) in [5.74, 6) is 1.10. The fraction of sp³-hybridized carbons (Fsp3) is 0.821. The van der Waals surface area contributed by atoms with Crippen molar-refractivity contribution in [1.82, 2.24) is 0 Å². The average molecular weight is 507 g/mol. The van der Waals surface area contributed by atoms with Crippen molar-refractivity contribution in [3.05, 3.63) is 23.0 Å². The first-order valence-electron chi connectivity index (χ1n) is 13.7. The summed E-state index contributed by atoms with van der Waals surface area (Å²) < 4.78 is 20.6. The number of rotatable bonds is 10. The Kier molecular flexibility index (Phi) is 8.19. The van der Waals surface area contributed by atoms with E-state index in [4.69, 9.17) is 13.6 Å². The molecule has 2 heterocycles. The summed E-state index contributed by atoms with van der Waals surface area (Å²) in [5.41, 5.74) is 4.84. The van der Waals surface area contributed by atoms with Gasteiger partial charge in [-0.15, -0.1) is 0 Å². The third kappa shape index (κ3) is 4.35. The van der Waals surface area contributed by atoms with Gasteiger partial charge in [-0.05, 0) is 38.8 Å². The molecule has 3 unspecified atom stereocenters. The fourth-order valence-corrected chi connectivity index (χ4v) is 18.6. The zero-order chi connectivity index (χ0) is 25.7. The van der Waals surface area contributed by atoms with Crippen LogP contribution in [0.2, 0.25) is 33.2 Å². The van der Waals surface area contributed by atoms with E-state index in [1.165, 1.54) is 5.57 Å². The van der Waals surface area contributed by atoms with Gasteiger partial charge in [0.15, 0.2) is 5.78 Å². The number of ketones is 1. The van der Waals surface area contributed by atoms with Crippen LogP contribution in [0.5, 0.6) is 0 Å². The van der Waals surface area contributed by atoms with E-state index in [0.717, 1.165) is 11.3 Å². The van der Waals surface area contributed by atoms with Crippen molar-refractivity contribution in [1.29, 1.82) is 0 Å². The number of hydrogen-bond donors (Lipinski definition) is 0. The highest BCUT2D eigenvalue weighted by Gasteiger charge is 2.54. The Labute approximate surface area is 211 Å². The zero-order valence-corrected chi connectivity index (χ0v) is 25.8. The lowest BCUT2D eigenvalue weighted by Crippen LogP contribution is -2.53. The molecule has 1 saturated carbocycles. The summed E-state index contributed by atoms with van der Waals surface area (Å²) in [4.78, 5) is 13.7. The molecule has 0 spiro atoms. The molecule has 0 radical (unpaired) electrons.